The van der Waals surface area contributed by atoms with E-state index >= 15 is 0 Å². The van der Waals surface area contributed by atoms with E-state index in [0.29, 0.717) is 19.1 Å². The molecular weight excluding hydrogens is 184 g/mol. The normalized spacial score (nSPS) is 14.5. The fourth-order valence-electron chi connectivity index (χ4n) is 1.04. The molecule has 6 heteroatoms. The number of nitrogens with one attached hydrogen (secondary N) is 3. The van der Waals surface area contributed by atoms with Gasteiger partial charge in [0.15, 0.2) is 5.96 Å². The van der Waals surface area contributed by atoms with Crippen molar-refractivity contribution in [3.8, 4) is 0 Å². The Bertz CT molecular complexity index is 217. The molecule has 1 rings (SSSR count). The number of ether oxygens (including phenoxy) is 1. The van der Waals surface area contributed by atoms with Gasteiger partial charge < -0.3 is 20.7 Å². The number of nitrogens with zero attached hydrogens (tertiary/aromatic N) is 1. The number of hydrogen-bond acceptors (Lipinski definition) is 5. The second kappa shape index (κ2) is 6.20. The molecule has 6 nitrogen and oxygen atoms in total. The Morgan fingerprint density at radius 1 is 1.71 bits per heavy atom. The molecule has 1 aliphatic rings. The topological polar surface area (TPSA) is 74.8 Å². The summed E-state index contributed by atoms with van der Waals surface area (Å²) in [5.74, 6) is 0.644. The zero-order valence-corrected chi connectivity index (χ0v) is 8.30. The monoisotopic (exact) mass is 200 g/mol. The van der Waals surface area contributed by atoms with Gasteiger partial charge in [-0.2, -0.15) is 0 Å². The van der Waals surface area contributed by atoms with Gasteiger partial charge in [0.2, 0.25) is 5.91 Å². The van der Waals surface area contributed by atoms with Crippen LogP contribution in [0.4, 0.5) is 0 Å². The lowest BCUT2D eigenvalue weighted by Crippen LogP contribution is -2.41. The average molecular weight is 200 g/mol. The van der Waals surface area contributed by atoms with Crippen LogP contribution >= 0.6 is 0 Å². The Labute approximate surface area is 83.1 Å². The molecule has 0 fully saturated rings. The van der Waals surface area contributed by atoms with Crippen LogP contribution in [0.1, 0.15) is 0 Å². The summed E-state index contributed by atoms with van der Waals surface area (Å²) >= 11 is 0. The molecule has 1 aliphatic heterocycles. The van der Waals surface area contributed by atoms with E-state index in [9.17, 15) is 4.79 Å². The highest BCUT2D eigenvalue weighted by Gasteiger charge is 2.05. The minimum absolute atomic E-state index is 0.0570. The summed E-state index contributed by atoms with van der Waals surface area (Å²) in [6.45, 7) is 2.93. The molecule has 1 amide bonds. The van der Waals surface area contributed by atoms with Crippen LogP contribution in [0.2, 0.25) is 0 Å². The van der Waals surface area contributed by atoms with Crippen molar-refractivity contribution < 1.29 is 9.53 Å². The van der Waals surface area contributed by atoms with E-state index < -0.39 is 0 Å². The summed E-state index contributed by atoms with van der Waals surface area (Å²) in [7, 11) is 1.60. The quantitative estimate of drug-likeness (QED) is 0.462. The zero-order valence-electron chi connectivity index (χ0n) is 8.30. The van der Waals surface area contributed by atoms with Crippen LogP contribution in [0.25, 0.3) is 0 Å². The van der Waals surface area contributed by atoms with Crippen molar-refractivity contribution in [2.45, 2.75) is 0 Å². The number of amides is 1. The first-order valence-electron chi connectivity index (χ1n) is 4.61. The van der Waals surface area contributed by atoms with E-state index in [1.165, 1.54) is 0 Å². The molecule has 0 aromatic carbocycles. The van der Waals surface area contributed by atoms with Crippen LogP contribution in [0.15, 0.2) is 4.99 Å². The van der Waals surface area contributed by atoms with E-state index in [2.05, 4.69) is 20.9 Å². The molecule has 0 saturated heterocycles. The van der Waals surface area contributed by atoms with Crippen LogP contribution < -0.4 is 16.0 Å². The van der Waals surface area contributed by atoms with E-state index in [1.807, 2.05) is 0 Å². The van der Waals surface area contributed by atoms with Crippen LogP contribution in [0.5, 0.6) is 0 Å². The van der Waals surface area contributed by atoms with Gasteiger partial charge in [-0.25, -0.2) is 0 Å². The van der Waals surface area contributed by atoms with E-state index in [4.69, 9.17) is 4.74 Å². The largest absolute Gasteiger partial charge is 0.383 e. The molecular formula is C8H16N4O2. The van der Waals surface area contributed by atoms with Crippen molar-refractivity contribution in [1.29, 1.82) is 0 Å². The summed E-state index contributed by atoms with van der Waals surface area (Å²) in [6.07, 6.45) is 0. The lowest BCUT2D eigenvalue weighted by Gasteiger charge is -2.07. The first kappa shape index (κ1) is 10.8. The number of methoxy groups -OCH3 is 1. The molecule has 14 heavy (non-hydrogen) atoms. The third-order valence-corrected chi connectivity index (χ3v) is 1.72. The minimum atomic E-state index is -0.0570. The molecule has 0 radical (unpaired) electrons. The summed E-state index contributed by atoms with van der Waals surface area (Å²) in [6, 6.07) is 0. The number of guanidine groups is 1. The summed E-state index contributed by atoms with van der Waals surface area (Å²) < 4.78 is 4.80. The summed E-state index contributed by atoms with van der Waals surface area (Å²) in [5, 5.41) is 8.61. The number of aliphatic imine (C=N–C) groups is 1. The Morgan fingerprint density at radius 2 is 2.57 bits per heavy atom. The van der Waals surface area contributed by atoms with Crippen molar-refractivity contribution in [1.82, 2.24) is 16.0 Å². The smallest absolute Gasteiger partial charge is 0.239 e. The van der Waals surface area contributed by atoms with Crippen LogP contribution in [0.3, 0.4) is 0 Å². The Balaban J connectivity index is 2.02. The Hall–Kier alpha value is -1.30. The molecule has 3 N–H and O–H groups in total. The van der Waals surface area contributed by atoms with Gasteiger partial charge in [-0.1, -0.05) is 0 Å². The van der Waals surface area contributed by atoms with Gasteiger partial charge in [0.1, 0.15) is 0 Å². The predicted octanol–water partition coefficient (Wildman–Crippen LogP) is -1.70. The summed E-state index contributed by atoms with van der Waals surface area (Å²) in [5.41, 5.74) is 0. The SMILES string of the molecule is COCCNC(=O)CNC1=NCCN1. The fourth-order valence-corrected chi connectivity index (χ4v) is 1.04. The molecule has 0 aromatic rings. The number of carbonyl (C=O) groups excluding carboxylic acids is 1. The van der Waals surface area contributed by atoms with Crippen molar-refractivity contribution in [3.05, 3.63) is 0 Å². The standard InChI is InChI=1S/C8H16N4O2/c1-14-5-4-9-7(13)6-12-8-10-2-3-11-8/h2-6H2,1H3,(H,9,13)(H2,10,11,12). The van der Waals surface area contributed by atoms with E-state index in [0.717, 1.165) is 13.1 Å². The number of hydrogen-bond donors (Lipinski definition) is 3. The van der Waals surface area contributed by atoms with Gasteiger partial charge in [-0.05, 0) is 0 Å². The summed E-state index contributed by atoms with van der Waals surface area (Å²) in [4.78, 5) is 15.3. The van der Waals surface area contributed by atoms with Gasteiger partial charge in [-0.3, -0.25) is 9.79 Å². The lowest BCUT2D eigenvalue weighted by atomic mass is 10.5. The second-order valence-electron chi connectivity index (χ2n) is 2.85. The van der Waals surface area contributed by atoms with Gasteiger partial charge >= 0.3 is 0 Å². The molecule has 0 unspecified atom stereocenters. The van der Waals surface area contributed by atoms with Crippen molar-refractivity contribution in [2.75, 3.05) is 39.9 Å². The predicted molar refractivity (Wildman–Crippen MR) is 53.2 cm³/mol. The number of rotatable bonds is 5. The first-order valence-corrected chi connectivity index (χ1v) is 4.61. The highest BCUT2D eigenvalue weighted by atomic mass is 16.5. The Kier molecular flexibility index (Phi) is 4.77. The first-order chi connectivity index (χ1) is 6.83. The minimum Gasteiger partial charge on any atom is -0.383 e. The molecule has 0 spiro atoms. The molecule has 0 atom stereocenters. The van der Waals surface area contributed by atoms with E-state index in [1.54, 1.807) is 7.11 Å². The Morgan fingerprint density at radius 3 is 3.21 bits per heavy atom. The molecule has 1 heterocycles. The lowest BCUT2D eigenvalue weighted by molar-refractivity contribution is -0.120. The fraction of sp³-hybridized carbons (Fsp3) is 0.750. The zero-order chi connectivity index (χ0) is 10.2. The van der Waals surface area contributed by atoms with E-state index in [-0.39, 0.29) is 12.5 Å². The second-order valence-corrected chi connectivity index (χ2v) is 2.85. The average Bonchev–Trinajstić information content (AvgIpc) is 2.68. The van der Waals surface area contributed by atoms with Crippen LogP contribution in [-0.2, 0) is 9.53 Å². The third-order valence-electron chi connectivity index (χ3n) is 1.72. The van der Waals surface area contributed by atoms with Gasteiger partial charge in [-0.15, -0.1) is 0 Å². The third kappa shape index (κ3) is 4.08. The highest BCUT2D eigenvalue weighted by molar-refractivity contribution is 5.87. The molecule has 0 aromatic heterocycles. The van der Waals surface area contributed by atoms with Crippen LogP contribution in [-0.4, -0.2) is 51.8 Å². The molecule has 0 bridgehead atoms. The van der Waals surface area contributed by atoms with Gasteiger partial charge in [0.05, 0.1) is 19.7 Å². The van der Waals surface area contributed by atoms with Crippen molar-refractivity contribution in [2.24, 2.45) is 4.99 Å². The maximum absolute atomic E-state index is 11.2. The molecule has 0 aliphatic carbocycles. The van der Waals surface area contributed by atoms with Gasteiger partial charge in [0, 0.05) is 20.2 Å². The number of carbonyl (C=O) groups is 1. The maximum atomic E-state index is 11.2. The van der Waals surface area contributed by atoms with Crippen LogP contribution in [0, 0.1) is 0 Å². The molecule has 0 saturated carbocycles. The molecule has 80 valence electrons. The van der Waals surface area contributed by atoms with Crippen molar-refractivity contribution >= 4 is 11.9 Å². The maximum Gasteiger partial charge on any atom is 0.239 e. The van der Waals surface area contributed by atoms with Gasteiger partial charge in [0.25, 0.3) is 0 Å². The van der Waals surface area contributed by atoms with Crippen molar-refractivity contribution in [3.63, 3.8) is 0 Å². The highest BCUT2D eigenvalue weighted by Crippen LogP contribution is 1.80.